The third-order valence-electron chi connectivity index (χ3n) is 4.45. The Balaban J connectivity index is 1.39. The van der Waals surface area contributed by atoms with Crippen molar-refractivity contribution >= 4 is 6.21 Å². The van der Waals surface area contributed by atoms with Crippen molar-refractivity contribution in [3.05, 3.63) is 108 Å². The first-order chi connectivity index (χ1) is 14.9. The van der Waals surface area contributed by atoms with E-state index in [1.165, 1.54) is 0 Å². The molecule has 0 fully saturated rings. The predicted molar refractivity (Wildman–Crippen MR) is 116 cm³/mol. The molecule has 1 aromatic carbocycles. The average Bonchev–Trinajstić information content (AvgIpc) is 2.83. The van der Waals surface area contributed by atoms with Gasteiger partial charge in [-0.05, 0) is 29.3 Å². The summed E-state index contributed by atoms with van der Waals surface area (Å²) in [5.74, 6) is 0. The van der Waals surface area contributed by atoms with E-state index in [4.69, 9.17) is 9.73 Å². The molecular weight excluding hydrogens is 374 g/mol. The number of nitrogens with zero attached hydrogens (tertiary/aromatic N) is 5. The lowest BCUT2D eigenvalue weighted by Gasteiger charge is -2.13. The summed E-state index contributed by atoms with van der Waals surface area (Å²) in [5.41, 5.74) is 4.44. The molecule has 3 aromatic heterocycles. The van der Waals surface area contributed by atoms with Crippen molar-refractivity contribution in [2.75, 3.05) is 6.61 Å². The van der Waals surface area contributed by atoms with Crippen LogP contribution in [-0.4, -0.2) is 32.8 Å². The molecule has 4 aromatic rings. The maximum absolute atomic E-state index is 5.97. The first-order valence-electron chi connectivity index (χ1n) is 9.67. The van der Waals surface area contributed by atoms with E-state index in [0.29, 0.717) is 13.2 Å². The molecular formula is C24H21N5O. The Bertz CT molecular complexity index is 1060. The summed E-state index contributed by atoms with van der Waals surface area (Å²) < 4.78 is 5.97. The molecule has 0 aliphatic heterocycles. The van der Waals surface area contributed by atoms with Gasteiger partial charge in [0.2, 0.25) is 0 Å². The summed E-state index contributed by atoms with van der Waals surface area (Å²) in [7, 11) is 0. The zero-order chi connectivity index (χ0) is 20.4. The van der Waals surface area contributed by atoms with Gasteiger partial charge in [0.25, 0.3) is 0 Å². The number of hydrogen-bond donors (Lipinski definition) is 0. The first-order valence-corrected chi connectivity index (χ1v) is 9.67. The van der Waals surface area contributed by atoms with Crippen molar-refractivity contribution < 1.29 is 4.74 Å². The zero-order valence-electron chi connectivity index (χ0n) is 16.4. The number of aliphatic imine (C=N–C) groups is 1. The van der Waals surface area contributed by atoms with E-state index in [1.54, 1.807) is 37.2 Å². The summed E-state index contributed by atoms with van der Waals surface area (Å²) in [6.45, 7) is 0.912. The highest BCUT2D eigenvalue weighted by molar-refractivity contribution is 5.76. The Morgan fingerprint density at radius 2 is 1.70 bits per heavy atom. The van der Waals surface area contributed by atoms with Crippen LogP contribution in [0.1, 0.15) is 22.9 Å². The molecule has 0 bridgehead atoms. The number of ether oxygens (including phenoxy) is 1. The Labute approximate surface area is 175 Å². The minimum Gasteiger partial charge on any atom is -0.374 e. The fourth-order valence-corrected chi connectivity index (χ4v) is 2.90. The van der Waals surface area contributed by atoms with E-state index in [-0.39, 0.29) is 6.04 Å². The summed E-state index contributed by atoms with van der Waals surface area (Å²) in [6.07, 6.45) is 10.3. The molecule has 0 aliphatic rings. The third kappa shape index (κ3) is 5.40. The second-order valence-corrected chi connectivity index (χ2v) is 6.62. The Morgan fingerprint density at radius 1 is 0.800 bits per heavy atom. The van der Waals surface area contributed by atoms with Gasteiger partial charge in [-0.1, -0.05) is 42.5 Å². The van der Waals surface area contributed by atoms with Gasteiger partial charge < -0.3 is 4.74 Å². The van der Waals surface area contributed by atoms with Crippen molar-refractivity contribution in [1.82, 2.24) is 19.9 Å². The molecule has 0 aliphatic carbocycles. The fraction of sp³-hybridized carbons (Fsp3) is 0.125. The molecule has 1 atom stereocenters. The van der Waals surface area contributed by atoms with Gasteiger partial charge in [-0.3, -0.25) is 24.9 Å². The second kappa shape index (κ2) is 10.1. The van der Waals surface area contributed by atoms with Crippen LogP contribution in [0, 0.1) is 0 Å². The lowest BCUT2D eigenvalue weighted by atomic mass is 10.1. The van der Waals surface area contributed by atoms with Gasteiger partial charge in [-0.25, -0.2) is 0 Å². The highest BCUT2D eigenvalue weighted by atomic mass is 16.5. The van der Waals surface area contributed by atoms with Crippen LogP contribution < -0.4 is 0 Å². The molecule has 30 heavy (non-hydrogen) atoms. The van der Waals surface area contributed by atoms with E-state index in [9.17, 15) is 0 Å². The second-order valence-electron chi connectivity index (χ2n) is 6.62. The molecule has 0 N–H and O–H groups in total. The zero-order valence-corrected chi connectivity index (χ0v) is 16.4. The molecule has 0 saturated carbocycles. The summed E-state index contributed by atoms with van der Waals surface area (Å²) in [5, 5.41) is 0. The van der Waals surface area contributed by atoms with Gasteiger partial charge in [0, 0.05) is 31.0 Å². The Kier molecular flexibility index (Phi) is 6.60. The molecule has 0 amide bonds. The van der Waals surface area contributed by atoms with Gasteiger partial charge in [0.05, 0.1) is 36.8 Å². The molecule has 4 rings (SSSR count). The van der Waals surface area contributed by atoms with Crippen molar-refractivity contribution in [3.63, 3.8) is 0 Å². The van der Waals surface area contributed by atoms with Crippen molar-refractivity contribution in [2.24, 2.45) is 4.99 Å². The minimum absolute atomic E-state index is 0.111. The third-order valence-corrected chi connectivity index (χ3v) is 4.45. The van der Waals surface area contributed by atoms with Crippen LogP contribution >= 0.6 is 0 Å². The summed E-state index contributed by atoms with van der Waals surface area (Å²) in [4.78, 5) is 21.8. The van der Waals surface area contributed by atoms with E-state index < -0.39 is 0 Å². The Morgan fingerprint density at radius 3 is 2.43 bits per heavy atom. The molecule has 0 saturated heterocycles. The molecule has 6 heteroatoms. The minimum atomic E-state index is -0.111. The maximum Gasteiger partial charge on any atom is 0.107 e. The smallest absolute Gasteiger partial charge is 0.107 e. The van der Waals surface area contributed by atoms with Crippen molar-refractivity contribution in [2.45, 2.75) is 12.6 Å². The van der Waals surface area contributed by atoms with Crippen LogP contribution in [0.2, 0.25) is 0 Å². The molecule has 0 spiro atoms. The quantitative estimate of drug-likeness (QED) is 0.416. The van der Waals surface area contributed by atoms with Crippen LogP contribution in [0.5, 0.6) is 0 Å². The number of rotatable bonds is 8. The number of aromatic nitrogens is 4. The van der Waals surface area contributed by atoms with Crippen LogP contribution in [0.4, 0.5) is 0 Å². The van der Waals surface area contributed by atoms with Gasteiger partial charge in [-0.2, -0.15) is 0 Å². The maximum atomic E-state index is 5.97. The summed E-state index contributed by atoms with van der Waals surface area (Å²) in [6, 6.07) is 19.7. The van der Waals surface area contributed by atoms with Crippen molar-refractivity contribution in [1.29, 1.82) is 0 Å². The van der Waals surface area contributed by atoms with Crippen LogP contribution in [0.3, 0.4) is 0 Å². The number of pyridine rings is 2. The monoisotopic (exact) mass is 395 g/mol. The predicted octanol–water partition coefficient (Wildman–Crippen LogP) is 4.31. The molecule has 6 nitrogen and oxygen atoms in total. The number of hydrogen-bond acceptors (Lipinski definition) is 6. The fourth-order valence-electron chi connectivity index (χ4n) is 2.90. The molecule has 0 radical (unpaired) electrons. The average molecular weight is 395 g/mol. The van der Waals surface area contributed by atoms with E-state index >= 15 is 0 Å². The Hall–Kier alpha value is -3.77. The van der Waals surface area contributed by atoms with Gasteiger partial charge in [0.1, 0.15) is 5.69 Å². The first kappa shape index (κ1) is 19.5. The highest BCUT2D eigenvalue weighted by Gasteiger charge is 2.10. The van der Waals surface area contributed by atoms with Crippen LogP contribution in [0.25, 0.3) is 11.4 Å². The van der Waals surface area contributed by atoms with Crippen LogP contribution in [0.15, 0.2) is 96.6 Å². The van der Waals surface area contributed by atoms with Crippen molar-refractivity contribution in [3.8, 4) is 11.4 Å². The van der Waals surface area contributed by atoms with Gasteiger partial charge >= 0.3 is 0 Å². The SMILES string of the molecule is C(=N[C@H](COCc1ccc(-c2cnccn2)nc1)c1ccccc1)c1ccccn1. The highest BCUT2D eigenvalue weighted by Crippen LogP contribution is 2.19. The van der Waals surface area contributed by atoms with Gasteiger partial charge in [0.15, 0.2) is 0 Å². The van der Waals surface area contributed by atoms with E-state index in [0.717, 1.165) is 28.2 Å². The standard InChI is InChI=1S/C24H21N5O/c1-2-6-20(7-3-1)24(29-15-21-8-4-5-11-26-21)18-30-17-19-9-10-22(28-14-19)23-16-25-12-13-27-23/h1-16,24H,17-18H2/t24-/m1/s1. The normalized spacial score (nSPS) is 12.1. The topological polar surface area (TPSA) is 73.2 Å². The van der Waals surface area contributed by atoms with Gasteiger partial charge in [-0.15, -0.1) is 0 Å². The van der Waals surface area contributed by atoms with E-state index in [2.05, 4.69) is 32.1 Å². The van der Waals surface area contributed by atoms with E-state index in [1.807, 2.05) is 48.5 Å². The molecule has 0 unspecified atom stereocenters. The molecule has 3 heterocycles. The lowest BCUT2D eigenvalue weighted by Crippen LogP contribution is -2.07. The lowest BCUT2D eigenvalue weighted by molar-refractivity contribution is 0.108. The molecule has 148 valence electrons. The number of benzene rings is 1. The summed E-state index contributed by atoms with van der Waals surface area (Å²) >= 11 is 0. The van der Waals surface area contributed by atoms with Crippen LogP contribution in [-0.2, 0) is 11.3 Å². The largest absolute Gasteiger partial charge is 0.374 e.